The van der Waals surface area contributed by atoms with Gasteiger partial charge in [-0.15, -0.1) is 10.2 Å². The lowest BCUT2D eigenvalue weighted by molar-refractivity contribution is -0.0150. The Balaban J connectivity index is 1.30. The number of piperidine rings is 2. The summed E-state index contributed by atoms with van der Waals surface area (Å²) in [5.74, 6) is 1.20. The summed E-state index contributed by atoms with van der Waals surface area (Å²) >= 11 is 1.61. The molecule has 1 N–H and O–H groups in total. The Kier molecular flexibility index (Phi) is 4.59. The molecular formula is C20H24N4O4S. The van der Waals surface area contributed by atoms with Crippen LogP contribution in [0.5, 0.6) is 11.5 Å². The van der Waals surface area contributed by atoms with Gasteiger partial charge in [0.1, 0.15) is 5.01 Å². The zero-order valence-electron chi connectivity index (χ0n) is 16.3. The number of nitrogens with zero attached hydrogens (tertiary/aromatic N) is 4. The van der Waals surface area contributed by atoms with Crippen molar-refractivity contribution in [1.82, 2.24) is 15.1 Å². The Morgan fingerprint density at radius 3 is 2.79 bits per heavy atom. The minimum Gasteiger partial charge on any atom is -0.454 e. The molecular weight excluding hydrogens is 392 g/mol. The van der Waals surface area contributed by atoms with Crippen molar-refractivity contribution >= 4 is 22.4 Å². The maximum atomic E-state index is 13.2. The highest BCUT2D eigenvalue weighted by Gasteiger charge is 2.43. The zero-order valence-corrected chi connectivity index (χ0v) is 17.2. The summed E-state index contributed by atoms with van der Waals surface area (Å²) in [5.41, 5.74) is 0.514. The van der Waals surface area contributed by atoms with Gasteiger partial charge in [0.15, 0.2) is 11.5 Å². The van der Waals surface area contributed by atoms with Crippen molar-refractivity contribution in [3.8, 4) is 11.5 Å². The molecule has 4 heterocycles. The lowest BCUT2D eigenvalue weighted by Gasteiger charge is -2.49. The molecule has 154 valence electrons. The second-order valence-electron chi connectivity index (χ2n) is 8.20. The number of likely N-dealkylation sites (tertiary alicyclic amines) is 1. The molecule has 29 heavy (non-hydrogen) atoms. The number of benzene rings is 1. The highest BCUT2D eigenvalue weighted by molar-refractivity contribution is 7.15. The van der Waals surface area contributed by atoms with E-state index in [4.69, 9.17) is 9.47 Å². The lowest BCUT2D eigenvalue weighted by atomic mass is 9.71. The first-order chi connectivity index (χ1) is 14.0. The fraction of sp³-hybridized carbons (Fsp3) is 0.550. The second-order valence-corrected chi connectivity index (χ2v) is 9.36. The number of fused-ring (bicyclic) bond motifs is 1. The number of amides is 1. The van der Waals surface area contributed by atoms with Crippen LogP contribution in [0.2, 0.25) is 0 Å². The first-order valence-corrected chi connectivity index (χ1v) is 10.8. The van der Waals surface area contributed by atoms with Gasteiger partial charge >= 0.3 is 0 Å². The predicted octanol–water partition coefficient (Wildman–Crippen LogP) is 2.07. The molecule has 1 spiro atoms. The van der Waals surface area contributed by atoms with Crippen LogP contribution in [-0.2, 0) is 0 Å². The number of hydrogen-bond donors (Lipinski definition) is 1. The number of hydrogen-bond acceptors (Lipinski definition) is 8. The molecule has 1 unspecified atom stereocenters. The highest BCUT2D eigenvalue weighted by Crippen LogP contribution is 2.42. The van der Waals surface area contributed by atoms with E-state index in [1.807, 2.05) is 6.92 Å². The molecule has 0 aliphatic carbocycles. The van der Waals surface area contributed by atoms with Crippen molar-refractivity contribution < 1.29 is 19.4 Å². The van der Waals surface area contributed by atoms with Crippen molar-refractivity contribution in [3.05, 3.63) is 28.8 Å². The maximum Gasteiger partial charge on any atom is 0.254 e. The molecule has 1 amide bonds. The number of aliphatic hydroxyl groups is 1. The van der Waals surface area contributed by atoms with E-state index in [0.29, 0.717) is 30.2 Å². The number of ether oxygens (including phenoxy) is 2. The van der Waals surface area contributed by atoms with Gasteiger partial charge in [0.25, 0.3) is 5.91 Å². The number of carbonyl (C=O) groups is 1. The zero-order chi connectivity index (χ0) is 20.0. The molecule has 2 aromatic rings. The number of anilines is 1. The number of aliphatic hydroxyl groups excluding tert-OH is 1. The number of β-amino-alcohol motifs (C(OH)–C–C–N with tert-alkyl or cyclic N) is 1. The van der Waals surface area contributed by atoms with Gasteiger partial charge in [0.2, 0.25) is 11.9 Å². The second kappa shape index (κ2) is 7.14. The molecule has 1 aromatic carbocycles. The Morgan fingerprint density at radius 1 is 1.24 bits per heavy atom. The first kappa shape index (κ1) is 18.6. The fourth-order valence-corrected chi connectivity index (χ4v) is 5.41. The molecule has 3 aliphatic heterocycles. The summed E-state index contributed by atoms with van der Waals surface area (Å²) in [4.78, 5) is 17.2. The summed E-state index contributed by atoms with van der Waals surface area (Å²) in [7, 11) is 0. The van der Waals surface area contributed by atoms with Crippen LogP contribution in [-0.4, -0.2) is 65.2 Å². The smallest absolute Gasteiger partial charge is 0.254 e. The van der Waals surface area contributed by atoms with Crippen molar-refractivity contribution in [2.45, 2.75) is 32.3 Å². The van der Waals surface area contributed by atoms with Gasteiger partial charge in [-0.1, -0.05) is 11.3 Å². The Labute approximate surface area is 173 Å². The predicted molar refractivity (Wildman–Crippen MR) is 108 cm³/mol. The summed E-state index contributed by atoms with van der Waals surface area (Å²) in [6.45, 7) is 4.92. The van der Waals surface area contributed by atoms with Gasteiger partial charge in [0, 0.05) is 31.7 Å². The van der Waals surface area contributed by atoms with Crippen LogP contribution in [0.15, 0.2) is 18.2 Å². The summed E-state index contributed by atoms with van der Waals surface area (Å²) in [6.07, 6.45) is 2.08. The highest BCUT2D eigenvalue weighted by atomic mass is 32.1. The van der Waals surface area contributed by atoms with Crippen LogP contribution < -0.4 is 14.4 Å². The molecule has 0 saturated carbocycles. The summed E-state index contributed by atoms with van der Waals surface area (Å²) in [5, 5.41) is 20.9. The average Bonchev–Trinajstić information content (AvgIpc) is 3.35. The third-order valence-electron chi connectivity index (χ3n) is 6.14. The molecule has 9 heteroatoms. The van der Waals surface area contributed by atoms with Gasteiger partial charge in [-0.2, -0.15) is 0 Å². The van der Waals surface area contributed by atoms with E-state index in [2.05, 4.69) is 15.1 Å². The summed E-state index contributed by atoms with van der Waals surface area (Å²) < 4.78 is 10.7. The topological polar surface area (TPSA) is 88.0 Å². The van der Waals surface area contributed by atoms with E-state index in [9.17, 15) is 9.90 Å². The third-order valence-corrected chi connectivity index (χ3v) is 7.04. The molecule has 2 fully saturated rings. The van der Waals surface area contributed by atoms with Crippen LogP contribution >= 0.6 is 11.3 Å². The van der Waals surface area contributed by atoms with Crippen molar-refractivity contribution in [2.75, 3.05) is 37.9 Å². The number of carbonyl (C=O) groups excluding carboxylic acids is 1. The van der Waals surface area contributed by atoms with E-state index in [1.54, 1.807) is 34.4 Å². The van der Waals surface area contributed by atoms with E-state index < -0.39 is 6.10 Å². The monoisotopic (exact) mass is 416 g/mol. The van der Waals surface area contributed by atoms with Crippen LogP contribution in [0.4, 0.5) is 5.13 Å². The maximum absolute atomic E-state index is 13.2. The minimum absolute atomic E-state index is 0.0557. The summed E-state index contributed by atoms with van der Waals surface area (Å²) in [6, 6.07) is 5.27. The van der Waals surface area contributed by atoms with E-state index in [1.165, 1.54) is 0 Å². The van der Waals surface area contributed by atoms with Gasteiger partial charge in [-0.3, -0.25) is 4.79 Å². The molecule has 5 rings (SSSR count). The van der Waals surface area contributed by atoms with Crippen LogP contribution in [0.3, 0.4) is 0 Å². The minimum atomic E-state index is -0.503. The molecule has 1 aromatic heterocycles. The van der Waals surface area contributed by atoms with E-state index in [0.717, 1.165) is 42.5 Å². The molecule has 1 atom stereocenters. The van der Waals surface area contributed by atoms with Crippen molar-refractivity contribution in [2.24, 2.45) is 5.41 Å². The van der Waals surface area contributed by atoms with Crippen molar-refractivity contribution in [3.63, 3.8) is 0 Å². The molecule has 2 saturated heterocycles. The van der Waals surface area contributed by atoms with Gasteiger partial charge < -0.3 is 24.4 Å². The fourth-order valence-electron chi connectivity index (χ4n) is 4.67. The Bertz CT molecular complexity index is 925. The van der Waals surface area contributed by atoms with Gasteiger partial charge in [-0.05, 0) is 49.8 Å². The average molecular weight is 417 g/mol. The first-order valence-electron chi connectivity index (χ1n) is 9.93. The van der Waals surface area contributed by atoms with Crippen molar-refractivity contribution in [1.29, 1.82) is 0 Å². The van der Waals surface area contributed by atoms with Crippen LogP contribution in [0.25, 0.3) is 0 Å². The number of aromatic nitrogens is 2. The van der Waals surface area contributed by atoms with Crippen LogP contribution in [0, 0.1) is 12.3 Å². The lowest BCUT2D eigenvalue weighted by Crippen LogP contribution is -2.55. The largest absolute Gasteiger partial charge is 0.454 e. The van der Waals surface area contributed by atoms with E-state index in [-0.39, 0.29) is 18.1 Å². The molecule has 0 bridgehead atoms. The van der Waals surface area contributed by atoms with Crippen LogP contribution in [0.1, 0.15) is 34.6 Å². The van der Waals surface area contributed by atoms with Gasteiger partial charge in [-0.25, -0.2) is 0 Å². The SMILES string of the molecule is Cc1nnc(N2CCC3(CC2)CC(O)CN(C(=O)c2ccc4c(c2)OCO4)C3)s1. The number of aryl methyl sites for hydroxylation is 1. The Morgan fingerprint density at radius 2 is 2.03 bits per heavy atom. The number of rotatable bonds is 2. The molecule has 0 radical (unpaired) electrons. The molecule has 8 nitrogen and oxygen atoms in total. The Hall–Kier alpha value is -2.39. The van der Waals surface area contributed by atoms with E-state index >= 15 is 0 Å². The quantitative estimate of drug-likeness (QED) is 0.802. The third kappa shape index (κ3) is 3.53. The standard InChI is InChI=1S/C20H24N4O4S/c1-13-21-22-19(29-13)23-6-4-20(5-7-23)9-15(25)10-24(11-20)18(26)14-2-3-16-17(8-14)28-12-27-16/h2-3,8,15,25H,4-7,9-12H2,1H3. The van der Waals surface area contributed by atoms with Gasteiger partial charge in [0.05, 0.1) is 6.10 Å². The normalized spacial score (nSPS) is 22.9. The molecule has 3 aliphatic rings.